The molecule has 1 aromatic rings. The zero-order valence-electron chi connectivity index (χ0n) is 9.93. The van der Waals surface area contributed by atoms with E-state index in [1.54, 1.807) is 24.3 Å². The van der Waals surface area contributed by atoms with E-state index in [1.807, 2.05) is 6.92 Å². The highest BCUT2D eigenvalue weighted by Crippen LogP contribution is 2.19. The normalized spacial score (nSPS) is 9.76. The van der Waals surface area contributed by atoms with Crippen LogP contribution in [0, 0.1) is 6.42 Å². The maximum Gasteiger partial charge on any atom is 0.315 e. The van der Waals surface area contributed by atoms with Crippen LogP contribution in [0.25, 0.3) is 0 Å². The van der Waals surface area contributed by atoms with Crippen LogP contribution in [-0.2, 0) is 20.7 Å². The standard InChI is InChI=1S/C13H15O4/c1-3-6-12(14)17-11-8-5-4-7-10(11)9-13(15)16-2/h4-8H,3,9H2,1-2H3. The molecule has 0 N–H and O–H groups in total. The maximum atomic E-state index is 11.3. The molecule has 0 spiro atoms. The van der Waals surface area contributed by atoms with E-state index in [0.717, 1.165) is 0 Å². The third-order valence-electron chi connectivity index (χ3n) is 2.12. The van der Waals surface area contributed by atoms with Gasteiger partial charge in [-0.15, -0.1) is 0 Å². The Morgan fingerprint density at radius 3 is 2.65 bits per heavy atom. The molecule has 1 radical (unpaired) electrons. The molecule has 1 aromatic carbocycles. The summed E-state index contributed by atoms with van der Waals surface area (Å²) in [5.74, 6) is -0.384. The molecule has 0 bridgehead atoms. The first-order chi connectivity index (χ1) is 8.17. The van der Waals surface area contributed by atoms with Gasteiger partial charge in [0, 0.05) is 5.56 Å². The van der Waals surface area contributed by atoms with E-state index in [-0.39, 0.29) is 12.4 Å². The molecule has 0 heterocycles. The molecule has 1 rings (SSSR count). The first kappa shape index (κ1) is 13.2. The molecule has 0 aromatic heterocycles. The summed E-state index contributed by atoms with van der Waals surface area (Å²) in [5.41, 5.74) is 0.636. The summed E-state index contributed by atoms with van der Waals surface area (Å²) in [6.45, 7) is 1.85. The van der Waals surface area contributed by atoms with Crippen molar-refractivity contribution in [2.45, 2.75) is 19.8 Å². The molecule has 4 nitrogen and oxygen atoms in total. The van der Waals surface area contributed by atoms with Gasteiger partial charge in [-0.25, -0.2) is 0 Å². The van der Waals surface area contributed by atoms with Crippen molar-refractivity contribution in [3.63, 3.8) is 0 Å². The zero-order chi connectivity index (χ0) is 12.7. The second kappa shape index (κ2) is 6.68. The van der Waals surface area contributed by atoms with Crippen LogP contribution < -0.4 is 4.74 Å². The van der Waals surface area contributed by atoms with E-state index in [4.69, 9.17) is 4.74 Å². The van der Waals surface area contributed by atoms with Gasteiger partial charge in [0.15, 0.2) is 0 Å². The molecule has 17 heavy (non-hydrogen) atoms. The Morgan fingerprint density at radius 2 is 2.00 bits per heavy atom. The third kappa shape index (κ3) is 4.26. The van der Waals surface area contributed by atoms with Gasteiger partial charge in [-0.2, -0.15) is 0 Å². The average Bonchev–Trinajstić information content (AvgIpc) is 2.31. The molecule has 0 atom stereocenters. The van der Waals surface area contributed by atoms with Crippen molar-refractivity contribution >= 4 is 11.9 Å². The summed E-state index contributed by atoms with van der Waals surface area (Å²) in [6.07, 6.45) is 2.14. The SMILES string of the molecule is CC[CH]C(=O)Oc1ccccc1CC(=O)OC. The number of hydrogen-bond acceptors (Lipinski definition) is 4. The first-order valence-corrected chi connectivity index (χ1v) is 5.37. The highest BCUT2D eigenvalue weighted by atomic mass is 16.5. The predicted octanol–water partition coefficient (Wildman–Crippen LogP) is 1.92. The summed E-state index contributed by atoms with van der Waals surface area (Å²) in [6, 6.07) is 6.90. The topological polar surface area (TPSA) is 52.6 Å². The molecule has 91 valence electrons. The molecular formula is C13H15O4. The Bertz CT molecular complexity index is 398. The van der Waals surface area contributed by atoms with Crippen molar-refractivity contribution in [2.75, 3.05) is 7.11 Å². The van der Waals surface area contributed by atoms with Crippen LogP contribution in [-0.4, -0.2) is 19.0 Å². The third-order valence-corrected chi connectivity index (χ3v) is 2.12. The van der Waals surface area contributed by atoms with Crippen LogP contribution in [0.4, 0.5) is 0 Å². The predicted molar refractivity (Wildman–Crippen MR) is 62.4 cm³/mol. The molecule has 0 fully saturated rings. The van der Waals surface area contributed by atoms with E-state index < -0.39 is 5.97 Å². The lowest BCUT2D eigenvalue weighted by molar-refractivity contribution is -0.140. The Kier molecular flexibility index (Phi) is 5.20. The molecule has 0 amide bonds. The Hall–Kier alpha value is -1.84. The average molecular weight is 235 g/mol. The van der Waals surface area contributed by atoms with Gasteiger partial charge in [0.25, 0.3) is 0 Å². The molecule has 0 aliphatic rings. The number of para-hydroxylation sites is 1. The molecule has 4 heteroatoms. The number of carbonyl (C=O) groups is 2. The van der Waals surface area contributed by atoms with Gasteiger partial charge in [-0.05, 0) is 12.5 Å². The summed E-state index contributed by atoms with van der Waals surface area (Å²) in [4.78, 5) is 22.5. The number of carbonyl (C=O) groups excluding carboxylic acids is 2. The maximum absolute atomic E-state index is 11.3. The lowest BCUT2D eigenvalue weighted by Gasteiger charge is -2.08. The first-order valence-electron chi connectivity index (χ1n) is 5.37. The number of hydrogen-bond donors (Lipinski definition) is 0. The van der Waals surface area contributed by atoms with Gasteiger partial charge < -0.3 is 9.47 Å². The quantitative estimate of drug-likeness (QED) is 0.578. The van der Waals surface area contributed by atoms with Crippen molar-refractivity contribution in [2.24, 2.45) is 0 Å². The van der Waals surface area contributed by atoms with Crippen molar-refractivity contribution in [1.29, 1.82) is 0 Å². The van der Waals surface area contributed by atoms with Gasteiger partial charge in [0.1, 0.15) is 5.75 Å². The Labute approximate surface area is 101 Å². The summed E-state index contributed by atoms with van der Waals surface area (Å²) in [5, 5.41) is 0. The van der Waals surface area contributed by atoms with Gasteiger partial charge in [-0.3, -0.25) is 9.59 Å². The van der Waals surface area contributed by atoms with Crippen LogP contribution >= 0.6 is 0 Å². The van der Waals surface area contributed by atoms with Crippen LogP contribution in [0.1, 0.15) is 18.9 Å². The van der Waals surface area contributed by atoms with Gasteiger partial charge in [0.05, 0.1) is 20.0 Å². The Morgan fingerprint density at radius 1 is 1.29 bits per heavy atom. The smallest absolute Gasteiger partial charge is 0.315 e. The monoisotopic (exact) mass is 235 g/mol. The highest BCUT2D eigenvalue weighted by molar-refractivity contribution is 5.82. The fourth-order valence-corrected chi connectivity index (χ4v) is 1.29. The van der Waals surface area contributed by atoms with Gasteiger partial charge in [-0.1, -0.05) is 25.1 Å². The Balaban J connectivity index is 2.77. The van der Waals surface area contributed by atoms with E-state index in [1.165, 1.54) is 13.5 Å². The van der Waals surface area contributed by atoms with E-state index in [2.05, 4.69) is 4.74 Å². The number of rotatable bonds is 5. The number of esters is 2. The minimum Gasteiger partial charge on any atom is -0.469 e. The van der Waals surface area contributed by atoms with Crippen LogP contribution in [0.3, 0.4) is 0 Å². The lowest BCUT2D eigenvalue weighted by Crippen LogP contribution is -2.11. The van der Waals surface area contributed by atoms with E-state index in [9.17, 15) is 9.59 Å². The largest absolute Gasteiger partial charge is 0.469 e. The second-order valence-corrected chi connectivity index (χ2v) is 3.39. The van der Waals surface area contributed by atoms with Crippen LogP contribution in [0.15, 0.2) is 24.3 Å². The fraction of sp³-hybridized carbons (Fsp3) is 0.308. The molecule has 0 saturated carbocycles. The second-order valence-electron chi connectivity index (χ2n) is 3.39. The van der Waals surface area contributed by atoms with E-state index >= 15 is 0 Å². The van der Waals surface area contributed by atoms with Crippen molar-refractivity contribution < 1.29 is 19.1 Å². The molecule has 0 saturated heterocycles. The lowest BCUT2D eigenvalue weighted by atomic mass is 10.1. The van der Waals surface area contributed by atoms with Crippen molar-refractivity contribution in [3.05, 3.63) is 36.2 Å². The van der Waals surface area contributed by atoms with Crippen molar-refractivity contribution in [1.82, 2.24) is 0 Å². The number of ether oxygens (including phenoxy) is 2. The number of methoxy groups -OCH3 is 1. The summed E-state index contributed by atoms with van der Waals surface area (Å²) in [7, 11) is 1.32. The number of benzene rings is 1. The molecular weight excluding hydrogens is 220 g/mol. The highest BCUT2D eigenvalue weighted by Gasteiger charge is 2.11. The minimum atomic E-state index is -0.412. The minimum absolute atomic E-state index is 0.0894. The zero-order valence-corrected chi connectivity index (χ0v) is 9.93. The molecule has 0 aliphatic carbocycles. The summed E-state index contributed by atoms with van der Waals surface area (Å²) < 4.78 is 9.70. The fourth-order valence-electron chi connectivity index (χ4n) is 1.29. The van der Waals surface area contributed by atoms with Crippen LogP contribution in [0.2, 0.25) is 0 Å². The van der Waals surface area contributed by atoms with Crippen LogP contribution in [0.5, 0.6) is 5.75 Å². The molecule has 0 unspecified atom stereocenters. The summed E-state index contributed by atoms with van der Waals surface area (Å²) >= 11 is 0. The molecule has 0 aliphatic heterocycles. The van der Waals surface area contributed by atoms with E-state index in [0.29, 0.717) is 17.7 Å². The van der Waals surface area contributed by atoms with Crippen molar-refractivity contribution in [3.8, 4) is 5.75 Å². The van der Waals surface area contributed by atoms with Gasteiger partial charge in [0.2, 0.25) is 0 Å². The van der Waals surface area contributed by atoms with Gasteiger partial charge >= 0.3 is 11.9 Å².